The highest BCUT2D eigenvalue weighted by Crippen LogP contribution is 2.29. The second-order valence-electron chi connectivity index (χ2n) is 7.17. The van der Waals surface area contributed by atoms with Crippen molar-refractivity contribution in [1.82, 2.24) is 9.78 Å². The van der Waals surface area contributed by atoms with Crippen LogP contribution in [0, 0.1) is 20.2 Å². The number of nitrogens with zero attached hydrogens (tertiary/aromatic N) is 5. The Balaban J connectivity index is 1.78. The Kier molecular flexibility index (Phi) is 5.31. The van der Waals surface area contributed by atoms with Gasteiger partial charge >= 0.3 is 0 Å². The summed E-state index contributed by atoms with van der Waals surface area (Å²) in [4.78, 5) is 24.1. The molecule has 9 nitrogen and oxygen atoms in total. The fourth-order valence-corrected chi connectivity index (χ4v) is 3.63. The molecule has 0 aliphatic carbocycles. The first kappa shape index (κ1) is 20.0. The zero-order valence-electron chi connectivity index (χ0n) is 16.7. The summed E-state index contributed by atoms with van der Waals surface area (Å²) in [6.45, 7) is 0.434. The second kappa shape index (κ2) is 8.23. The number of aryl methyl sites for hydroxylation is 1. The summed E-state index contributed by atoms with van der Waals surface area (Å²) in [5.41, 5.74) is 2.68. The maximum Gasteiger partial charge on any atom is 0.274 e. The highest BCUT2D eigenvalue weighted by atomic mass is 16.6. The van der Waals surface area contributed by atoms with Gasteiger partial charge in [0.15, 0.2) is 0 Å². The van der Waals surface area contributed by atoms with Gasteiger partial charge < -0.3 is 4.90 Å². The molecule has 4 rings (SSSR count). The van der Waals surface area contributed by atoms with Crippen molar-refractivity contribution < 1.29 is 9.85 Å². The Hall–Kier alpha value is -4.27. The molecule has 3 aromatic carbocycles. The van der Waals surface area contributed by atoms with Crippen LogP contribution in [0.1, 0.15) is 11.1 Å². The fourth-order valence-electron chi connectivity index (χ4n) is 3.63. The molecule has 0 atom stereocenters. The Morgan fingerprint density at radius 1 is 0.871 bits per heavy atom. The third-order valence-corrected chi connectivity index (χ3v) is 5.07. The van der Waals surface area contributed by atoms with Crippen molar-refractivity contribution in [2.45, 2.75) is 13.1 Å². The van der Waals surface area contributed by atoms with Crippen LogP contribution in [-0.2, 0) is 20.1 Å². The van der Waals surface area contributed by atoms with Crippen LogP contribution in [0.3, 0.4) is 0 Å². The van der Waals surface area contributed by atoms with Crippen LogP contribution in [-0.4, -0.2) is 19.6 Å². The molecule has 0 N–H and O–H groups in total. The predicted molar refractivity (Wildman–Crippen MR) is 117 cm³/mol. The van der Waals surface area contributed by atoms with Gasteiger partial charge in [-0.15, -0.1) is 0 Å². The average Bonchev–Trinajstić information content (AvgIpc) is 3.13. The largest absolute Gasteiger partial charge is 0.362 e. The van der Waals surface area contributed by atoms with Crippen LogP contribution in [0.2, 0.25) is 0 Å². The van der Waals surface area contributed by atoms with Gasteiger partial charge in [-0.05, 0) is 18.2 Å². The Morgan fingerprint density at radius 2 is 1.42 bits per heavy atom. The van der Waals surface area contributed by atoms with Crippen LogP contribution >= 0.6 is 0 Å². The van der Waals surface area contributed by atoms with Crippen LogP contribution < -0.4 is 4.90 Å². The van der Waals surface area contributed by atoms with Crippen molar-refractivity contribution in [1.29, 1.82) is 0 Å². The van der Waals surface area contributed by atoms with E-state index in [1.165, 1.54) is 12.1 Å². The van der Waals surface area contributed by atoms with Gasteiger partial charge in [-0.3, -0.25) is 24.9 Å². The number of para-hydroxylation sites is 2. The summed E-state index contributed by atoms with van der Waals surface area (Å²) >= 11 is 0. The molecule has 0 radical (unpaired) electrons. The minimum atomic E-state index is -0.414. The Morgan fingerprint density at radius 3 is 1.97 bits per heavy atom. The van der Waals surface area contributed by atoms with E-state index < -0.39 is 9.85 Å². The first-order chi connectivity index (χ1) is 14.9. The lowest BCUT2D eigenvalue weighted by Gasteiger charge is -2.25. The topological polar surface area (TPSA) is 107 Å². The van der Waals surface area contributed by atoms with E-state index in [1.807, 2.05) is 36.3 Å². The summed E-state index contributed by atoms with van der Waals surface area (Å²) in [5, 5.41) is 28.3. The molecule has 0 amide bonds. The number of aromatic nitrogens is 2. The molecular weight excluding hydrogens is 398 g/mol. The summed E-state index contributed by atoms with van der Waals surface area (Å²) in [6.07, 6.45) is 1.88. The van der Waals surface area contributed by atoms with E-state index >= 15 is 0 Å². The lowest BCUT2D eigenvalue weighted by atomic mass is 10.1. The molecule has 9 heteroatoms. The molecule has 0 saturated heterocycles. The summed E-state index contributed by atoms with van der Waals surface area (Å²) < 4.78 is 1.71. The van der Waals surface area contributed by atoms with Crippen LogP contribution in [0.4, 0.5) is 17.1 Å². The number of nitro benzene ring substituents is 2. The normalized spacial score (nSPS) is 10.9. The molecule has 4 aromatic rings. The van der Waals surface area contributed by atoms with Gasteiger partial charge in [0.05, 0.1) is 28.5 Å². The Bertz CT molecular complexity index is 1220. The van der Waals surface area contributed by atoms with E-state index in [4.69, 9.17) is 0 Å². The number of rotatable bonds is 7. The maximum atomic E-state index is 11.5. The molecular formula is C22H19N5O4. The Labute approximate surface area is 177 Å². The molecule has 31 heavy (non-hydrogen) atoms. The van der Waals surface area contributed by atoms with Crippen molar-refractivity contribution in [3.8, 4) is 0 Å². The lowest BCUT2D eigenvalue weighted by molar-refractivity contribution is -0.385. The van der Waals surface area contributed by atoms with E-state index in [2.05, 4.69) is 5.10 Å². The monoisotopic (exact) mass is 417 g/mol. The van der Waals surface area contributed by atoms with Crippen molar-refractivity contribution in [3.63, 3.8) is 0 Å². The molecule has 0 aliphatic heterocycles. The van der Waals surface area contributed by atoms with Gasteiger partial charge in [-0.1, -0.05) is 36.4 Å². The number of fused-ring (bicyclic) bond motifs is 1. The summed E-state index contributed by atoms with van der Waals surface area (Å²) in [6, 6.07) is 18.7. The van der Waals surface area contributed by atoms with E-state index in [0.717, 1.165) is 16.6 Å². The standard InChI is InChI=1S/C22H19N5O4/c1-24-13-18-12-19(10-11-20(18)23-24)25(14-16-6-2-4-8-21(16)26(28)29)15-17-7-3-5-9-22(17)27(30)31/h2-13H,14-15H2,1H3. The summed E-state index contributed by atoms with van der Waals surface area (Å²) in [5.74, 6) is 0. The van der Waals surface area contributed by atoms with Crippen LogP contribution in [0.15, 0.2) is 72.9 Å². The van der Waals surface area contributed by atoms with Crippen LogP contribution in [0.25, 0.3) is 10.9 Å². The van der Waals surface area contributed by atoms with Gasteiger partial charge in [-0.2, -0.15) is 5.10 Å². The third-order valence-electron chi connectivity index (χ3n) is 5.07. The van der Waals surface area contributed by atoms with Crippen molar-refractivity contribution >= 4 is 28.0 Å². The highest BCUT2D eigenvalue weighted by Gasteiger charge is 2.20. The molecule has 0 aliphatic rings. The van der Waals surface area contributed by atoms with Gasteiger partial charge in [0.25, 0.3) is 11.4 Å². The van der Waals surface area contributed by atoms with E-state index in [1.54, 1.807) is 41.1 Å². The quantitative estimate of drug-likeness (QED) is 0.321. The van der Waals surface area contributed by atoms with Gasteiger partial charge in [0.1, 0.15) is 0 Å². The number of benzene rings is 3. The number of nitro groups is 2. The van der Waals surface area contributed by atoms with E-state index in [0.29, 0.717) is 11.1 Å². The van der Waals surface area contributed by atoms with Gasteiger partial charge in [-0.25, -0.2) is 0 Å². The molecule has 1 heterocycles. The maximum absolute atomic E-state index is 11.5. The van der Waals surface area contributed by atoms with Gasteiger partial charge in [0, 0.05) is 47.6 Å². The SMILES string of the molecule is Cn1cc2cc(N(Cc3ccccc3[N+](=O)[O-])Cc3ccccc3[N+](=O)[O-])ccc2n1. The number of hydrogen-bond donors (Lipinski definition) is 0. The molecule has 0 unspecified atom stereocenters. The van der Waals surface area contributed by atoms with Gasteiger partial charge in [0.2, 0.25) is 0 Å². The van der Waals surface area contributed by atoms with E-state index in [-0.39, 0.29) is 24.5 Å². The third kappa shape index (κ3) is 4.20. The van der Waals surface area contributed by atoms with Crippen LogP contribution in [0.5, 0.6) is 0 Å². The predicted octanol–water partition coefficient (Wildman–Crippen LogP) is 4.60. The number of anilines is 1. The minimum absolute atomic E-state index is 0.0116. The molecule has 1 aromatic heterocycles. The zero-order chi connectivity index (χ0) is 22.0. The minimum Gasteiger partial charge on any atom is -0.362 e. The van der Waals surface area contributed by atoms with Crippen molar-refractivity contribution in [2.24, 2.45) is 7.05 Å². The first-order valence-corrected chi connectivity index (χ1v) is 9.55. The zero-order valence-corrected chi connectivity index (χ0v) is 16.7. The van der Waals surface area contributed by atoms with E-state index in [9.17, 15) is 20.2 Å². The van der Waals surface area contributed by atoms with Crippen molar-refractivity contribution in [2.75, 3.05) is 4.90 Å². The average molecular weight is 417 g/mol. The fraction of sp³-hybridized carbons (Fsp3) is 0.136. The van der Waals surface area contributed by atoms with Crippen molar-refractivity contribution in [3.05, 3.63) is 104 Å². The smallest absolute Gasteiger partial charge is 0.274 e. The first-order valence-electron chi connectivity index (χ1n) is 9.55. The molecule has 0 fully saturated rings. The highest BCUT2D eigenvalue weighted by molar-refractivity contribution is 5.82. The summed E-state index contributed by atoms with van der Waals surface area (Å²) in [7, 11) is 1.83. The molecule has 0 saturated carbocycles. The lowest BCUT2D eigenvalue weighted by Crippen LogP contribution is -2.23. The molecule has 156 valence electrons. The number of hydrogen-bond acceptors (Lipinski definition) is 6. The molecule has 0 spiro atoms. The second-order valence-corrected chi connectivity index (χ2v) is 7.17. The molecule has 0 bridgehead atoms.